The van der Waals surface area contributed by atoms with E-state index in [0.29, 0.717) is 5.92 Å². The number of aliphatic hydroxyl groups excluding tert-OH is 1. The topological polar surface area (TPSA) is 29.5 Å². The quantitative estimate of drug-likeness (QED) is 0.867. The molecule has 2 heteroatoms. The van der Waals surface area contributed by atoms with Crippen molar-refractivity contribution in [2.24, 2.45) is 5.92 Å². The Morgan fingerprint density at radius 2 is 2.06 bits per heavy atom. The van der Waals surface area contributed by atoms with E-state index in [1.807, 2.05) is 0 Å². The van der Waals surface area contributed by atoms with Crippen molar-refractivity contribution < 1.29 is 9.84 Å². The van der Waals surface area contributed by atoms with Gasteiger partial charge in [-0.15, -0.1) is 0 Å². The van der Waals surface area contributed by atoms with Gasteiger partial charge < -0.3 is 9.84 Å². The van der Waals surface area contributed by atoms with E-state index in [4.69, 9.17) is 4.74 Å². The minimum absolute atomic E-state index is 0.134. The Bertz CT molecular complexity index is 396. The van der Waals surface area contributed by atoms with Crippen LogP contribution in [0.4, 0.5) is 0 Å². The summed E-state index contributed by atoms with van der Waals surface area (Å²) in [5.41, 5.74) is 3.68. The van der Waals surface area contributed by atoms with Gasteiger partial charge in [-0.1, -0.05) is 30.7 Å². The fourth-order valence-electron chi connectivity index (χ4n) is 2.69. The maximum atomic E-state index is 9.78. The number of benzene rings is 1. The Morgan fingerprint density at radius 3 is 2.59 bits per heavy atom. The number of ether oxygens (including phenoxy) is 1. The largest absolute Gasteiger partial charge is 0.395 e. The van der Waals surface area contributed by atoms with E-state index in [0.717, 1.165) is 19.6 Å². The molecule has 1 aromatic carbocycles. The predicted molar refractivity (Wildman–Crippen MR) is 69.3 cm³/mol. The predicted octanol–water partition coefficient (Wildman–Crippen LogP) is 2.59. The van der Waals surface area contributed by atoms with Crippen molar-refractivity contribution in [3.63, 3.8) is 0 Å². The van der Waals surface area contributed by atoms with Crippen LogP contribution in [-0.2, 0) is 10.2 Å². The Labute approximate surface area is 104 Å². The number of aliphatic hydroxyl groups is 1. The fraction of sp³-hybridized carbons (Fsp3) is 0.600. The molecular formula is C15H22O2. The Balaban J connectivity index is 2.28. The lowest BCUT2D eigenvalue weighted by Gasteiger charge is -2.37. The van der Waals surface area contributed by atoms with Crippen LogP contribution in [0.2, 0.25) is 0 Å². The molecule has 2 rings (SSSR count). The third-order valence-corrected chi connectivity index (χ3v) is 3.84. The third kappa shape index (κ3) is 2.53. The van der Waals surface area contributed by atoms with Crippen molar-refractivity contribution in [3.8, 4) is 0 Å². The van der Waals surface area contributed by atoms with Crippen LogP contribution in [0, 0.1) is 19.8 Å². The van der Waals surface area contributed by atoms with Gasteiger partial charge in [-0.2, -0.15) is 0 Å². The van der Waals surface area contributed by atoms with Crippen LogP contribution in [0.3, 0.4) is 0 Å². The highest BCUT2D eigenvalue weighted by atomic mass is 16.5. The molecule has 1 atom stereocenters. The maximum absolute atomic E-state index is 9.78. The van der Waals surface area contributed by atoms with E-state index in [-0.39, 0.29) is 12.0 Å². The van der Waals surface area contributed by atoms with Crippen molar-refractivity contribution in [3.05, 3.63) is 34.9 Å². The van der Waals surface area contributed by atoms with E-state index in [1.165, 1.54) is 16.7 Å². The Hall–Kier alpha value is -0.860. The Kier molecular flexibility index (Phi) is 3.55. The summed E-state index contributed by atoms with van der Waals surface area (Å²) < 4.78 is 5.23. The van der Waals surface area contributed by atoms with Gasteiger partial charge in [-0.3, -0.25) is 0 Å². The number of hydrogen-bond donors (Lipinski definition) is 1. The molecule has 0 aliphatic carbocycles. The van der Waals surface area contributed by atoms with Crippen LogP contribution in [0.15, 0.2) is 18.2 Å². The third-order valence-electron chi connectivity index (χ3n) is 3.84. The monoisotopic (exact) mass is 234 g/mol. The van der Waals surface area contributed by atoms with Gasteiger partial charge in [0.15, 0.2) is 0 Å². The molecule has 94 valence electrons. The average Bonchev–Trinajstić information content (AvgIpc) is 2.27. The average molecular weight is 234 g/mol. The number of rotatable bonds is 4. The van der Waals surface area contributed by atoms with Crippen LogP contribution in [-0.4, -0.2) is 24.9 Å². The zero-order valence-corrected chi connectivity index (χ0v) is 11.0. The van der Waals surface area contributed by atoms with Gasteiger partial charge in [-0.25, -0.2) is 0 Å². The molecule has 0 radical (unpaired) electrons. The second kappa shape index (κ2) is 4.79. The number of hydrogen-bond acceptors (Lipinski definition) is 2. The summed E-state index contributed by atoms with van der Waals surface area (Å²) in [7, 11) is 0. The minimum atomic E-state index is -0.134. The molecule has 1 aromatic rings. The molecule has 0 saturated carbocycles. The van der Waals surface area contributed by atoms with E-state index in [2.05, 4.69) is 39.0 Å². The second-order valence-electron chi connectivity index (χ2n) is 5.64. The Morgan fingerprint density at radius 1 is 1.35 bits per heavy atom. The molecule has 0 amide bonds. The van der Waals surface area contributed by atoms with Crippen molar-refractivity contribution >= 4 is 0 Å². The minimum Gasteiger partial charge on any atom is -0.395 e. The highest BCUT2D eigenvalue weighted by Gasteiger charge is 2.33. The zero-order valence-electron chi connectivity index (χ0n) is 11.0. The molecular weight excluding hydrogens is 212 g/mol. The van der Waals surface area contributed by atoms with Gasteiger partial charge in [0.25, 0.3) is 0 Å². The lowest BCUT2D eigenvalue weighted by molar-refractivity contribution is -0.0485. The van der Waals surface area contributed by atoms with E-state index >= 15 is 0 Å². The molecule has 1 aliphatic heterocycles. The molecule has 0 aromatic heterocycles. The lowest BCUT2D eigenvalue weighted by Crippen LogP contribution is -2.38. The highest BCUT2D eigenvalue weighted by molar-refractivity contribution is 5.36. The zero-order chi connectivity index (χ0) is 12.5. The SMILES string of the molecule is Cc1ccc(C)c(C(C)(CO)CC2COC2)c1. The molecule has 1 saturated heterocycles. The van der Waals surface area contributed by atoms with Crippen LogP contribution in [0.25, 0.3) is 0 Å². The molecule has 0 bridgehead atoms. The molecule has 0 spiro atoms. The first-order valence-corrected chi connectivity index (χ1v) is 6.31. The van der Waals surface area contributed by atoms with Crippen molar-refractivity contribution in [1.82, 2.24) is 0 Å². The number of aryl methyl sites for hydroxylation is 2. The normalized spacial score (nSPS) is 19.8. The van der Waals surface area contributed by atoms with E-state index < -0.39 is 0 Å². The summed E-state index contributed by atoms with van der Waals surface area (Å²) in [6.45, 7) is 8.29. The van der Waals surface area contributed by atoms with Gasteiger partial charge in [0, 0.05) is 11.3 Å². The first kappa shape index (κ1) is 12.6. The van der Waals surface area contributed by atoms with Crippen LogP contribution >= 0.6 is 0 Å². The van der Waals surface area contributed by atoms with Gasteiger partial charge in [0.05, 0.1) is 19.8 Å². The van der Waals surface area contributed by atoms with Crippen molar-refractivity contribution in [2.45, 2.75) is 32.6 Å². The van der Waals surface area contributed by atoms with E-state index in [9.17, 15) is 5.11 Å². The molecule has 1 heterocycles. The second-order valence-corrected chi connectivity index (χ2v) is 5.64. The van der Waals surface area contributed by atoms with Gasteiger partial charge in [0.2, 0.25) is 0 Å². The molecule has 1 fully saturated rings. The summed E-state index contributed by atoms with van der Waals surface area (Å²) in [5.74, 6) is 0.604. The summed E-state index contributed by atoms with van der Waals surface area (Å²) in [5, 5.41) is 9.78. The summed E-state index contributed by atoms with van der Waals surface area (Å²) in [6, 6.07) is 6.49. The van der Waals surface area contributed by atoms with Crippen molar-refractivity contribution in [2.75, 3.05) is 19.8 Å². The van der Waals surface area contributed by atoms with Gasteiger partial charge in [-0.05, 0) is 31.4 Å². The first-order valence-electron chi connectivity index (χ1n) is 6.31. The lowest BCUT2D eigenvalue weighted by atomic mass is 9.73. The van der Waals surface area contributed by atoms with Crippen LogP contribution in [0.1, 0.15) is 30.0 Å². The molecule has 1 aliphatic rings. The molecule has 1 unspecified atom stereocenters. The fourth-order valence-corrected chi connectivity index (χ4v) is 2.69. The molecule has 2 nitrogen and oxygen atoms in total. The van der Waals surface area contributed by atoms with Crippen molar-refractivity contribution in [1.29, 1.82) is 0 Å². The molecule has 17 heavy (non-hydrogen) atoms. The standard InChI is InChI=1S/C15H22O2/c1-11-4-5-12(2)14(6-11)15(3,10-16)7-13-8-17-9-13/h4-6,13,16H,7-10H2,1-3H3. The van der Waals surface area contributed by atoms with Crippen LogP contribution < -0.4 is 0 Å². The van der Waals surface area contributed by atoms with E-state index in [1.54, 1.807) is 0 Å². The van der Waals surface area contributed by atoms with Gasteiger partial charge >= 0.3 is 0 Å². The summed E-state index contributed by atoms with van der Waals surface area (Å²) in [4.78, 5) is 0. The van der Waals surface area contributed by atoms with Gasteiger partial charge in [0.1, 0.15) is 0 Å². The summed E-state index contributed by atoms with van der Waals surface area (Å²) in [6.07, 6.45) is 1.01. The van der Waals surface area contributed by atoms with Crippen LogP contribution in [0.5, 0.6) is 0 Å². The first-order chi connectivity index (χ1) is 8.05. The molecule has 1 N–H and O–H groups in total. The smallest absolute Gasteiger partial charge is 0.0525 e. The summed E-state index contributed by atoms with van der Waals surface area (Å²) >= 11 is 0. The maximum Gasteiger partial charge on any atom is 0.0525 e. The highest BCUT2D eigenvalue weighted by Crippen LogP contribution is 2.35.